The third kappa shape index (κ3) is 7.12. The lowest BCUT2D eigenvalue weighted by molar-refractivity contribution is 0.0582. The summed E-state index contributed by atoms with van der Waals surface area (Å²) in [7, 11) is 1.79. The second kappa shape index (κ2) is 14.2. The SMILES string of the molecule is CC.CC/C=C\c1c(C)c(C)cc(OC)c1CN1CCN(Cc2ncco2)CC1c1ccc(CC)cc1. The minimum atomic E-state index is 0.277. The summed E-state index contributed by atoms with van der Waals surface area (Å²) in [5.41, 5.74) is 7.90. The molecule has 1 aromatic heterocycles. The van der Waals surface area contributed by atoms with E-state index in [1.54, 1.807) is 19.6 Å². The Bertz CT molecular complexity index is 1120. The zero-order chi connectivity index (χ0) is 26.8. The summed E-state index contributed by atoms with van der Waals surface area (Å²) in [6.45, 7) is 17.2. The van der Waals surface area contributed by atoms with Gasteiger partial charge in [-0.15, -0.1) is 0 Å². The molecular formula is C32H45N3O2. The molecule has 3 aromatic rings. The Morgan fingerprint density at radius 3 is 2.46 bits per heavy atom. The van der Waals surface area contributed by atoms with Gasteiger partial charge >= 0.3 is 0 Å². The maximum absolute atomic E-state index is 5.91. The Morgan fingerprint density at radius 2 is 1.84 bits per heavy atom. The van der Waals surface area contributed by atoms with Gasteiger partial charge in [-0.1, -0.05) is 64.1 Å². The summed E-state index contributed by atoms with van der Waals surface area (Å²) in [6, 6.07) is 11.6. The van der Waals surface area contributed by atoms with Crippen molar-refractivity contribution in [3.05, 3.63) is 88.1 Å². The second-order valence-corrected chi connectivity index (χ2v) is 9.47. The lowest BCUT2D eigenvalue weighted by Gasteiger charge is -2.42. The smallest absolute Gasteiger partial charge is 0.208 e. The van der Waals surface area contributed by atoms with Crippen molar-refractivity contribution >= 4 is 6.08 Å². The molecule has 37 heavy (non-hydrogen) atoms. The Morgan fingerprint density at radius 1 is 1.08 bits per heavy atom. The number of aromatic nitrogens is 1. The number of hydrogen-bond donors (Lipinski definition) is 0. The number of benzene rings is 2. The van der Waals surface area contributed by atoms with E-state index in [0.29, 0.717) is 0 Å². The second-order valence-electron chi connectivity index (χ2n) is 9.47. The van der Waals surface area contributed by atoms with Crippen molar-refractivity contribution in [2.45, 2.75) is 73.5 Å². The van der Waals surface area contributed by atoms with E-state index in [-0.39, 0.29) is 6.04 Å². The molecule has 0 saturated carbocycles. The number of nitrogens with zero attached hydrogens (tertiary/aromatic N) is 3. The quantitative estimate of drug-likeness (QED) is 0.305. The number of allylic oxidation sites excluding steroid dienone is 1. The van der Waals surface area contributed by atoms with Crippen LogP contribution >= 0.6 is 0 Å². The van der Waals surface area contributed by atoms with Crippen molar-refractivity contribution in [3.8, 4) is 5.75 Å². The van der Waals surface area contributed by atoms with Crippen LogP contribution in [0.15, 0.2) is 53.3 Å². The van der Waals surface area contributed by atoms with Crippen LogP contribution in [0.4, 0.5) is 0 Å². The Kier molecular flexibility index (Phi) is 11.0. The monoisotopic (exact) mass is 503 g/mol. The predicted octanol–water partition coefficient (Wildman–Crippen LogP) is 7.37. The number of piperazine rings is 1. The normalized spacial score (nSPS) is 16.6. The van der Waals surface area contributed by atoms with Crippen LogP contribution in [0.1, 0.15) is 79.4 Å². The van der Waals surface area contributed by atoms with Crippen LogP contribution in [0.25, 0.3) is 6.08 Å². The fourth-order valence-electron chi connectivity index (χ4n) is 5.00. The lowest BCUT2D eigenvalue weighted by atomic mass is 9.93. The van der Waals surface area contributed by atoms with Crippen molar-refractivity contribution in [3.63, 3.8) is 0 Å². The Labute approximate surface area is 224 Å². The van der Waals surface area contributed by atoms with E-state index in [1.165, 1.54) is 33.4 Å². The number of ether oxygens (including phenoxy) is 1. The van der Waals surface area contributed by atoms with Gasteiger partial charge in [-0.3, -0.25) is 9.80 Å². The molecule has 0 amide bonds. The van der Waals surface area contributed by atoms with Crippen molar-refractivity contribution < 1.29 is 9.15 Å². The zero-order valence-corrected chi connectivity index (χ0v) is 23.9. The molecule has 1 aliphatic rings. The highest BCUT2D eigenvalue weighted by Crippen LogP contribution is 2.35. The molecule has 5 nitrogen and oxygen atoms in total. The summed E-state index contributed by atoms with van der Waals surface area (Å²) < 4.78 is 11.5. The van der Waals surface area contributed by atoms with Gasteiger partial charge in [0.1, 0.15) is 12.0 Å². The first-order chi connectivity index (χ1) is 18.0. The average molecular weight is 504 g/mol. The standard InChI is InChI=1S/C30H39N3O2.C2H6/c1-6-8-9-26-23(4)22(3)18-29(34-5)27(26)19-33-16-15-32(21-30-31-14-17-35-30)20-28(33)25-12-10-24(7-2)11-13-25;1-2/h8-14,17-18,28H,6-7,15-16,19-21H2,1-5H3;1-2H3/b9-8-;. The van der Waals surface area contributed by atoms with E-state index in [9.17, 15) is 0 Å². The third-order valence-corrected chi connectivity index (χ3v) is 7.26. The Balaban J connectivity index is 0.00000186. The molecule has 1 atom stereocenters. The minimum absolute atomic E-state index is 0.277. The van der Waals surface area contributed by atoms with Crippen molar-refractivity contribution in [1.29, 1.82) is 0 Å². The number of oxazole rings is 1. The van der Waals surface area contributed by atoms with Gasteiger partial charge in [0.15, 0.2) is 0 Å². The van der Waals surface area contributed by atoms with E-state index >= 15 is 0 Å². The molecule has 5 heteroatoms. The molecule has 0 spiro atoms. The van der Waals surface area contributed by atoms with Crippen LogP contribution < -0.4 is 4.74 Å². The molecule has 4 rings (SSSR count). The fourth-order valence-corrected chi connectivity index (χ4v) is 5.00. The number of aryl methyl sites for hydroxylation is 2. The minimum Gasteiger partial charge on any atom is -0.496 e. The summed E-state index contributed by atoms with van der Waals surface area (Å²) >= 11 is 0. The number of hydrogen-bond acceptors (Lipinski definition) is 5. The van der Waals surface area contributed by atoms with Crippen molar-refractivity contribution in [2.75, 3.05) is 26.7 Å². The van der Waals surface area contributed by atoms with Crippen LogP contribution in [0.2, 0.25) is 0 Å². The van der Waals surface area contributed by atoms with Gasteiger partial charge < -0.3 is 9.15 Å². The van der Waals surface area contributed by atoms with Crippen molar-refractivity contribution in [2.24, 2.45) is 0 Å². The largest absolute Gasteiger partial charge is 0.496 e. The molecule has 2 aromatic carbocycles. The van der Waals surface area contributed by atoms with Crippen LogP contribution in [0, 0.1) is 13.8 Å². The van der Waals surface area contributed by atoms with Crippen molar-refractivity contribution in [1.82, 2.24) is 14.8 Å². The lowest BCUT2D eigenvalue weighted by Crippen LogP contribution is -2.47. The van der Waals surface area contributed by atoms with Crippen LogP contribution in [0.5, 0.6) is 5.75 Å². The predicted molar refractivity (Wildman–Crippen MR) is 154 cm³/mol. The van der Waals surface area contributed by atoms with Gasteiger partial charge in [0.2, 0.25) is 5.89 Å². The Hall–Kier alpha value is -2.89. The topological polar surface area (TPSA) is 41.7 Å². The molecule has 0 N–H and O–H groups in total. The van der Waals surface area contributed by atoms with Crippen LogP contribution in [0.3, 0.4) is 0 Å². The molecule has 0 bridgehead atoms. The molecule has 1 fully saturated rings. The van der Waals surface area contributed by atoms with Crippen LogP contribution in [-0.4, -0.2) is 41.5 Å². The van der Waals surface area contributed by atoms with E-state index in [2.05, 4.69) is 85.0 Å². The molecule has 0 aliphatic carbocycles. The van der Waals surface area contributed by atoms with Gasteiger partial charge in [0, 0.05) is 37.8 Å². The first-order valence-electron chi connectivity index (χ1n) is 13.8. The molecule has 0 radical (unpaired) electrons. The fraction of sp³-hybridized carbons (Fsp3) is 0.469. The average Bonchev–Trinajstić information content (AvgIpc) is 3.45. The number of rotatable bonds is 9. The third-order valence-electron chi connectivity index (χ3n) is 7.26. The first-order valence-corrected chi connectivity index (χ1v) is 13.8. The van der Waals surface area contributed by atoms with E-state index < -0.39 is 0 Å². The van der Waals surface area contributed by atoms with E-state index in [0.717, 1.165) is 57.2 Å². The summed E-state index contributed by atoms with van der Waals surface area (Å²) in [4.78, 5) is 9.42. The summed E-state index contributed by atoms with van der Waals surface area (Å²) in [6.07, 6.45) is 9.98. The zero-order valence-electron chi connectivity index (χ0n) is 23.9. The maximum Gasteiger partial charge on any atom is 0.208 e. The van der Waals surface area contributed by atoms with E-state index in [1.807, 2.05) is 13.8 Å². The summed E-state index contributed by atoms with van der Waals surface area (Å²) in [5.74, 6) is 1.76. The van der Waals surface area contributed by atoms with Gasteiger partial charge in [-0.25, -0.2) is 4.98 Å². The van der Waals surface area contributed by atoms with Gasteiger partial charge in [0.05, 0.1) is 19.9 Å². The van der Waals surface area contributed by atoms with Gasteiger partial charge in [-0.2, -0.15) is 0 Å². The molecule has 200 valence electrons. The van der Waals surface area contributed by atoms with Gasteiger partial charge in [0.25, 0.3) is 0 Å². The highest BCUT2D eigenvalue weighted by atomic mass is 16.5. The van der Waals surface area contributed by atoms with Crippen LogP contribution in [-0.2, 0) is 19.5 Å². The van der Waals surface area contributed by atoms with E-state index in [4.69, 9.17) is 9.15 Å². The highest BCUT2D eigenvalue weighted by molar-refractivity contribution is 5.64. The maximum atomic E-state index is 5.91. The summed E-state index contributed by atoms with van der Waals surface area (Å²) in [5, 5.41) is 0. The number of methoxy groups -OCH3 is 1. The molecule has 1 saturated heterocycles. The molecule has 1 aliphatic heterocycles. The molecule has 2 heterocycles. The highest BCUT2D eigenvalue weighted by Gasteiger charge is 2.30. The molecular weight excluding hydrogens is 458 g/mol. The first kappa shape index (κ1) is 28.7. The van der Waals surface area contributed by atoms with Gasteiger partial charge in [-0.05, 0) is 60.6 Å². The molecule has 1 unspecified atom stereocenters.